The number of benzene rings is 1. The van der Waals surface area contributed by atoms with Crippen LogP contribution in [-0.4, -0.2) is 63.6 Å². The summed E-state index contributed by atoms with van der Waals surface area (Å²) in [6.45, 7) is 4.38. The number of anilines is 1. The van der Waals surface area contributed by atoms with Crippen molar-refractivity contribution >= 4 is 23.3 Å². The van der Waals surface area contributed by atoms with Gasteiger partial charge in [0, 0.05) is 49.7 Å². The van der Waals surface area contributed by atoms with Crippen LogP contribution < -0.4 is 9.64 Å². The number of hydrogen-bond acceptors (Lipinski definition) is 6. The van der Waals surface area contributed by atoms with Crippen LogP contribution in [0.1, 0.15) is 16.2 Å². The first-order valence-electron chi connectivity index (χ1n) is 9.27. The molecule has 0 unspecified atom stereocenters. The van der Waals surface area contributed by atoms with Crippen molar-refractivity contribution in [3.8, 4) is 11.6 Å². The Morgan fingerprint density at radius 3 is 2.55 bits per heavy atom. The lowest BCUT2D eigenvalue weighted by molar-refractivity contribution is 0.0743. The minimum atomic E-state index is -0.0815. The molecule has 1 fully saturated rings. The number of carbonyl (C=O) groups excluding carboxylic acids is 1. The van der Waals surface area contributed by atoms with Crippen LogP contribution in [0.3, 0.4) is 0 Å². The second kappa shape index (κ2) is 8.08. The molecule has 9 heteroatoms. The van der Waals surface area contributed by atoms with Crippen molar-refractivity contribution in [3.63, 3.8) is 0 Å². The van der Waals surface area contributed by atoms with E-state index in [1.165, 1.54) is 0 Å². The maximum atomic E-state index is 13.0. The van der Waals surface area contributed by atoms with Gasteiger partial charge < -0.3 is 14.5 Å². The number of hydrogen-bond donors (Lipinski definition) is 0. The molecule has 29 heavy (non-hydrogen) atoms. The normalized spacial score (nSPS) is 14.2. The van der Waals surface area contributed by atoms with E-state index in [1.54, 1.807) is 37.8 Å². The summed E-state index contributed by atoms with van der Waals surface area (Å²) >= 11 is 6.08. The second-order valence-corrected chi connectivity index (χ2v) is 7.16. The molecule has 1 amide bonds. The first-order valence-corrected chi connectivity index (χ1v) is 9.65. The predicted octanol–water partition coefficient (Wildman–Crippen LogP) is 2.60. The third-order valence-electron chi connectivity index (χ3n) is 4.86. The van der Waals surface area contributed by atoms with Crippen molar-refractivity contribution in [2.45, 2.75) is 6.92 Å². The van der Waals surface area contributed by atoms with Gasteiger partial charge in [0.1, 0.15) is 29.5 Å². The molecule has 0 radical (unpaired) electrons. The number of imidazole rings is 1. The average molecular weight is 413 g/mol. The standard InChI is InChI=1S/C20H21ClN6O2/c1-14-23-18(12-19(24-14)27-6-5-22-13-27)25-7-9-26(10-8-25)20(28)16-11-15(21)3-4-17(16)29-2/h3-6,11-13H,7-10H2,1-2H3. The van der Waals surface area contributed by atoms with Gasteiger partial charge in [-0.15, -0.1) is 0 Å². The molecule has 3 aromatic rings. The van der Waals surface area contributed by atoms with E-state index in [2.05, 4.69) is 19.9 Å². The number of carbonyl (C=O) groups is 1. The summed E-state index contributed by atoms with van der Waals surface area (Å²) in [6.07, 6.45) is 5.27. The Morgan fingerprint density at radius 1 is 1.10 bits per heavy atom. The van der Waals surface area contributed by atoms with Gasteiger partial charge in [0.2, 0.25) is 0 Å². The molecule has 0 saturated carbocycles. The van der Waals surface area contributed by atoms with E-state index < -0.39 is 0 Å². The van der Waals surface area contributed by atoms with E-state index in [0.29, 0.717) is 48.3 Å². The lowest BCUT2D eigenvalue weighted by atomic mass is 10.1. The monoisotopic (exact) mass is 412 g/mol. The molecule has 0 N–H and O–H groups in total. The third-order valence-corrected chi connectivity index (χ3v) is 5.10. The van der Waals surface area contributed by atoms with Crippen molar-refractivity contribution in [1.29, 1.82) is 0 Å². The van der Waals surface area contributed by atoms with Gasteiger partial charge in [-0.25, -0.2) is 15.0 Å². The molecule has 0 bridgehead atoms. The molecule has 1 aromatic carbocycles. The van der Waals surface area contributed by atoms with Crippen molar-refractivity contribution in [2.24, 2.45) is 0 Å². The van der Waals surface area contributed by atoms with Crippen molar-refractivity contribution in [2.75, 3.05) is 38.2 Å². The fourth-order valence-corrected chi connectivity index (χ4v) is 3.55. The van der Waals surface area contributed by atoms with E-state index in [0.717, 1.165) is 11.6 Å². The SMILES string of the molecule is COc1ccc(Cl)cc1C(=O)N1CCN(c2cc(-n3ccnc3)nc(C)n2)CC1. The Bertz CT molecular complexity index is 1020. The van der Waals surface area contributed by atoms with Crippen LogP contribution in [0.5, 0.6) is 5.75 Å². The van der Waals surface area contributed by atoms with Gasteiger partial charge in [-0.1, -0.05) is 11.6 Å². The van der Waals surface area contributed by atoms with Gasteiger partial charge in [-0.2, -0.15) is 0 Å². The van der Waals surface area contributed by atoms with E-state index in [9.17, 15) is 4.79 Å². The summed E-state index contributed by atoms with van der Waals surface area (Å²) < 4.78 is 7.17. The number of rotatable bonds is 4. The third kappa shape index (κ3) is 4.02. The van der Waals surface area contributed by atoms with Crippen LogP contribution in [0.15, 0.2) is 43.0 Å². The molecule has 4 rings (SSSR count). The highest BCUT2D eigenvalue weighted by molar-refractivity contribution is 6.31. The van der Waals surface area contributed by atoms with E-state index in [1.807, 2.05) is 28.7 Å². The number of methoxy groups -OCH3 is 1. The van der Waals surface area contributed by atoms with Gasteiger partial charge in [0.25, 0.3) is 5.91 Å². The number of piperazine rings is 1. The molecule has 150 valence electrons. The van der Waals surface area contributed by atoms with Crippen LogP contribution in [0.25, 0.3) is 5.82 Å². The van der Waals surface area contributed by atoms with E-state index >= 15 is 0 Å². The van der Waals surface area contributed by atoms with Crippen LogP contribution in [0.4, 0.5) is 5.82 Å². The smallest absolute Gasteiger partial charge is 0.257 e. The number of aryl methyl sites for hydroxylation is 1. The topological polar surface area (TPSA) is 76.4 Å². The highest BCUT2D eigenvalue weighted by Gasteiger charge is 2.25. The van der Waals surface area contributed by atoms with E-state index in [4.69, 9.17) is 16.3 Å². The molecule has 1 aliphatic heterocycles. The minimum absolute atomic E-state index is 0.0815. The summed E-state index contributed by atoms with van der Waals surface area (Å²) in [6, 6.07) is 7.02. The van der Waals surface area contributed by atoms with Gasteiger partial charge >= 0.3 is 0 Å². The fraction of sp³-hybridized carbons (Fsp3) is 0.300. The molecule has 1 saturated heterocycles. The van der Waals surface area contributed by atoms with Crippen molar-refractivity contribution in [3.05, 3.63) is 59.4 Å². The highest BCUT2D eigenvalue weighted by Crippen LogP contribution is 2.25. The average Bonchev–Trinajstić information content (AvgIpc) is 3.28. The summed E-state index contributed by atoms with van der Waals surface area (Å²) in [5.74, 6) is 2.74. The molecule has 0 spiro atoms. The van der Waals surface area contributed by atoms with Crippen LogP contribution >= 0.6 is 11.6 Å². The Balaban J connectivity index is 1.49. The molecule has 0 atom stereocenters. The molecule has 1 aliphatic rings. The quantitative estimate of drug-likeness (QED) is 0.655. The first kappa shape index (κ1) is 19.2. The Kier molecular flexibility index (Phi) is 5.35. The maximum absolute atomic E-state index is 13.0. The first-order chi connectivity index (χ1) is 14.0. The molecular formula is C20H21ClN6O2. The van der Waals surface area contributed by atoms with E-state index in [-0.39, 0.29) is 5.91 Å². The molecule has 8 nitrogen and oxygen atoms in total. The summed E-state index contributed by atoms with van der Waals surface area (Å²) in [4.78, 5) is 30.1. The van der Waals surface area contributed by atoms with Gasteiger partial charge in [0.15, 0.2) is 0 Å². The van der Waals surface area contributed by atoms with Gasteiger partial charge in [-0.05, 0) is 25.1 Å². The Hall–Kier alpha value is -3.13. The Morgan fingerprint density at radius 2 is 1.86 bits per heavy atom. The van der Waals surface area contributed by atoms with Gasteiger partial charge in [-0.3, -0.25) is 9.36 Å². The molecule has 0 aliphatic carbocycles. The molecule has 2 aromatic heterocycles. The lowest BCUT2D eigenvalue weighted by Gasteiger charge is -2.35. The molecular weight excluding hydrogens is 392 g/mol. The number of ether oxygens (including phenoxy) is 1. The summed E-state index contributed by atoms with van der Waals surface area (Å²) in [5, 5.41) is 0.510. The number of halogens is 1. The fourth-order valence-electron chi connectivity index (χ4n) is 3.38. The number of aromatic nitrogens is 4. The number of nitrogens with zero attached hydrogens (tertiary/aromatic N) is 6. The van der Waals surface area contributed by atoms with Gasteiger partial charge in [0.05, 0.1) is 12.7 Å². The van der Waals surface area contributed by atoms with Crippen LogP contribution in [0.2, 0.25) is 5.02 Å². The number of amides is 1. The lowest BCUT2D eigenvalue weighted by Crippen LogP contribution is -2.49. The predicted molar refractivity (Wildman–Crippen MR) is 110 cm³/mol. The van der Waals surface area contributed by atoms with Crippen LogP contribution in [0, 0.1) is 6.92 Å². The van der Waals surface area contributed by atoms with Crippen LogP contribution in [-0.2, 0) is 0 Å². The zero-order valence-corrected chi connectivity index (χ0v) is 17.0. The molecule has 3 heterocycles. The largest absolute Gasteiger partial charge is 0.496 e. The zero-order valence-electron chi connectivity index (χ0n) is 16.2. The highest BCUT2D eigenvalue weighted by atomic mass is 35.5. The van der Waals surface area contributed by atoms with Crippen molar-refractivity contribution in [1.82, 2.24) is 24.4 Å². The zero-order chi connectivity index (χ0) is 20.4. The summed E-state index contributed by atoms with van der Waals surface area (Å²) in [5.41, 5.74) is 0.480. The van der Waals surface area contributed by atoms with Crippen molar-refractivity contribution < 1.29 is 9.53 Å². The minimum Gasteiger partial charge on any atom is -0.496 e. The second-order valence-electron chi connectivity index (χ2n) is 6.73. The Labute approximate surface area is 173 Å². The maximum Gasteiger partial charge on any atom is 0.257 e. The summed E-state index contributed by atoms with van der Waals surface area (Å²) in [7, 11) is 1.55.